The Labute approximate surface area is 72.8 Å². The quantitative estimate of drug-likeness (QED) is 0.498. The van der Waals surface area contributed by atoms with Crippen molar-refractivity contribution in [1.29, 1.82) is 0 Å². The van der Waals surface area contributed by atoms with Gasteiger partial charge in [-0.25, -0.2) is 4.79 Å². The van der Waals surface area contributed by atoms with Gasteiger partial charge in [0, 0.05) is 0 Å². The summed E-state index contributed by atoms with van der Waals surface area (Å²) in [6, 6.07) is 0. The molecule has 0 radical (unpaired) electrons. The second kappa shape index (κ2) is 8.45. The van der Waals surface area contributed by atoms with E-state index in [0.29, 0.717) is 0 Å². The van der Waals surface area contributed by atoms with E-state index in [4.69, 9.17) is 20.7 Å². The van der Waals surface area contributed by atoms with Gasteiger partial charge in [-0.1, -0.05) is 6.92 Å². The predicted octanol–water partition coefficient (Wildman–Crippen LogP) is -0.694. The molecule has 1 unspecified atom stereocenters. The van der Waals surface area contributed by atoms with E-state index in [-0.39, 0.29) is 6.17 Å². The molecule has 0 aliphatic rings. The molecule has 0 spiro atoms. The molecular weight excluding hydrogens is 160 g/mol. The van der Waals surface area contributed by atoms with Crippen LogP contribution in [0.5, 0.6) is 0 Å². The van der Waals surface area contributed by atoms with Gasteiger partial charge >= 0.3 is 5.97 Å². The minimum absolute atomic E-state index is 0.236. The van der Waals surface area contributed by atoms with Crippen LogP contribution in [0.25, 0.3) is 0 Å². The molecule has 0 saturated carbocycles. The Balaban J connectivity index is 0. The normalized spacial score (nSPS) is 11.8. The maximum atomic E-state index is 9.12. The van der Waals surface area contributed by atoms with E-state index in [1.165, 1.54) is 0 Å². The van der Waals surface area contributed by atoms with E-state index >= 15 is 0 Å². The maximum Gasteiger partial charge on any atom is 0.329 e. The molecule has 12 heavy (non-hydrogen) atoms. The first kappa shape index (κ1) is 13.9. The lowest BCUT2D eigenvalue weighted by Crippen LogP contribution is -2.35. The molecule has 5 heteroatoms. The number of aliphatic hydroxyl groups excluding tert-OH is 1. The van der Waals surface area contributed by atoms with Gasteiger partial charge in [-0.05, 0) is 20.5 Å². The number of carbonyl (C=O) groups is 1. The van der Waals surface area contributed by atoms with E-state index in [2.05, 4.69) is 6.92 Å². The van der Waals surface area contributed by atoms with Crippen LogP contribution in [0.4, 0.5) is 0 Å². The Kier molecular flexibility index (Phi) is 9.79. The molecule has 0 aromatic rings. The summed E-state index contributed by atoms with van der Waals surface area (Å²) < 4.78 is 0. The van der Waals surface area contributed by atoms with Crippen LogP contribution in [0.15, 0.2) is 0 Å². The minimum Gasteiger partial charge on any atom is -0.480 e. The summed E-state index contributed by atoms with van der Waals surface area (Å²) in [6.07, 6.45) is 1.26. The molecule has 0 heterocycles. The molecule has 1 atom stereocenters. The fourth-order valence-corrected chi connectivity index (χ4v) is 0.365. The Morgan fingerprint density at radius 3 is 1.92 bits per heavy atom. The van der Waals surface area contributed by atoms with E-state index in [0.717, 1.165) is 6.42 Å². The molecule has 0 rings (SSSR count). The second-order valence-electron chi connectivity index (χ2n) is 2.49. The summed E-state index contributed by atoms with van der Waals surface area (Å²) in [6.45, 7) is 1.30. The van der Waals surface area contributed by atoms with Crippen molar-refractivity contribution in [2.45, 2.75) is 19.5 Å². The lowest BCUT2D eigenvalue weighted by atomic mass is 10.4. The van der Waals surface area contributed by atoms with E-state index < -0.39 is 12.6 Å². The van der Waals surface area contributed by atoms with Crippen LogP contribution in [-0.4, -0.2) is 48.0 Å². The average Bonchev–Trinajstić information content (AvgIpc) is 2.04. The Morgan fingerprint density at radius 1 is 1.58 bits per heavy atom. The second-order valence-corrected chi connectivity index (χ2v) is 2.49. The van der Waals surface area contributed by atoms with Gasteiger partial charge in [0.05, 0.1) is 6.17 Å². The molecule has 0 aromatic carbocycles. The molecule has 0 saturated heterocycles. The Hall–Kier alpha value is -0.650. The summed E-state index contributed by atoms with van der Waals surface area (Å²) in [7, 11) is 3.96. The molecule has 5 nitrogen and oxygen atoms in total. The van der Waals surface area contributed by atoms with Crippen molar-refractivity contribution in [3.63, 3.8) is 0 Å². The predicted molar refractivity (Wildman–Crippen MR) is 46.7 cm³/mol. The zero-order valence-corrected chi connectivity index (χ0v) is 7.82. The fraction of sp³-hybridized carbons (Fsp3) is 0.857. The van der Waals surface area contributed by atoms with Crippen LogP contribution in [0.3, 0.4) is 0 Å². The molecule has 4 N–H and O–H groups in total. The van der Waals surface area contributed by atoms with Gasteiger partial charge in [0.15, 0.2) is 0 Å². The molecule has 0 fully saturated rings. The number of aliphatic hydroxyl groups is 1. The largest absolute Gasteiger partial charge is 0.480 e. The summed E-state index contributed by atoms with van der Waals surface area (Å²) in [4.78, 5) is 11.1. The number of rotatable bonds is 3. The highest BCUT2D eigenvalue weighted by atomic mass is 16.4. The van der Waals surface area contributed by atoms with Crippen molar-refractivity contribution in [3.05, 3.63) is 0 Å². The van der Waals surface area contributed by atoms with Crippen molar-refractivity contribution in [1.82, 2.24) is 4.90 Å². The van der Waals surface area contributed by atoms with Crippen LogP contribution >= 0.6 is 0 Å². The maximum absolute atomic E-state index is 9.12. The number of nitrogens with zero attached hydrogens (tertiary/aromatic N) is 1. The number of hydrogen-bond acceptors (Lipinski definition) is 4. The third-order valence-corrected chi connectivity index (χ3v) is 1.22. The Bertz CT molecular complexity index is 117. The minimum atomic E-state index is -1.19. The number of aliphatic carboxylic acids is 1. The van der Waals surface area contributed by atoms with Crippen molar-refractivity contribution >= 4 is 5.97 Å². The van der Waals surface area contributed by atoms with E-state index in [9.17, 15) is 0 Å². The Morgan fingerprint density at radius 2 is 1.92 bits per heavy atom. The third kappa shape index (κ3) is 12.1. The van der Waals surface area contributed by atoms with Crippen LogP contribution in [0.2, 0.25) is 0 Å². The molecule has 0 aromatic heterocycles. The third-order valence-electron chi connectivity index (χ3n) is 1.22. The molecule has 0 bridgehead atoms. The molecule has 74 valence electrons. The smallest absolute Gasteiger partial charge is 0.329 e. The first-order valence-electron chi connectivity index (χ1n) is 3.70. The number of nitrogens with two attached hydrogens (primary N) is 1. The number of carboxylic acid groups (broad SMARTS) is 1. The topological polar surface area (TPSA) is 86.8 Å². The van der Waals surface area contributed by atoms with Gasteiger partial charge in [0.1, 0.15) is 6.61 Å². The SMILES string of the molecule is CCC(N)N(C)C.O=C(O)CO. The zero-order chi connectivity index (χ0) is 10.1. The first-order valence-corrected chi connectivity index (χ1v) is 3.70. The summed E-state index contributed by atoms with van der Waals surface area (Å²) in [5.41, 5.74) is 5.54. The van der Waals surface area contributed by atoms with Gasteiger partial charge in [0.2, 0.25) is 0 Å². The summed E-state index contributed by atoms with van der Waals surface area (Å²) >= 11 is 0. The van der Waals surface area contributed by atoms with Crippen molar-refractivity contribution in [2.75, 3.05) is 20.7 Å². The lowest BCUT2D eigenvalue weighted by molar-refractivity contribution is -0.140. The summed E-state index contributed by atoms with van der Waals surface area (Å²) in [5, 5.41) is 15.0. The lowest BCUT2D eigenvalue weighted by Gasteiger charge is -2.16. The molecule has 0 aliphatic heterocycles. The number of carboxylic acids is 1. The fourth-order valence-electron chi connectivity index (χ4n) is 0.365. The van der Waals surface area contributed by atoms with Gasteiger partial charge in [-0.2, -0.15) is 0 Å². The number of hydrogen-bond donors (Lipinski definition) is 3. The monoisotopic (exact) mass is 178 g/mol. The van der Waals surface area contributed by atoms with Gasteiger partial charge in [-0.15, -0.1) is 0 Å². The first-order chi connectivity index (χ1) is 5.45. The summed E-state index contributed by atoms with van der Waals surface area (Å²) in [5.74, 6) is -1.19. The highest BCUT2D eigenvalue weighted by molar-refractivity contribution is 5.67. The van der Waals surface area contributed by atoms with Gasteiger partial charge < -0.3 is 15.9 Å². The molecular formula is C7H18N2O3. The van der Waals surface area contributed by atoms with Crippen LogP contribution in [0.1, 0.15) is 13.3 Å². The zero-order valence-electron chi connectivity index (χ0n) is 7.82. The highest BCUT2D eigenvalue weighted by Crippen LogP contribution is 1.86. The van der Waals surface area contributed by atoms with Crippen LogP contribution < -0.4 is 5.73 Å². The van der Waals surface area contributed by atoms with E-state index in [1.54, 1.807) is 0 Å². The molecule has 0 amide bonds. The van der Waals surface area contributed by atoms with Crippen LogP contribution in [-0.2, 0) is 4.79 Å². The van der Waals surface area contributed by atoms with Gasteiger partial charge in [-0.3, -0.25) is 4.90 Å². The van der Waals surface area contributed by atoms with Crippen molar-refractivity contribution < 1.29 is 15.0 Å². The standard InChI is InChI=1S/C5H14N2.C2H4O3/c1-4-5(6)7(2)3;3-1-2(4)5/h5H,4,6H2,1-3H3;3H,1H2,(H,4,5). The van der Waals surface area contributed by atoms with Gasteiger partial charge in [0.25, 0.3) is 0 Å². The molecule has 0 aliphatic carbocycles. The van der Waals surface area contributed by atoms with Crippen molar-refractivity contribution in [2.24, 2.45) is 5.73 Å². The highest BCUT2D eigenvalue weighted by Gasteiger charge is 1.97. The van der Waals surface area contributed by atoms with Crippen molar-refractivity contribution in [3.8, 4) is 0 Å². The average molecular weight is 178 g/mol. The van der Waals surface area contributed by atoms with Crippen LogP contribution in [0, 0.1) is 0 Å². The van der Waals surface area contributed by atoms with E-state index in [1.807, 2.05) is 19.0 Å².